The zero-order valence-electron chi connectivity index (χ0n) is 8.38. The first-order chi connectivity index (χ1) is 6.61. The predicted octanol–water partition coefficient (Wildman–Crippen LogP) is 3.46. The minimum absolute atomic E-state index is 0.184. The molecule has 0 aliphatic heterocycles. The fourth-order valence-electron chi connectivity index (χ4n) is 2.07. The summed E-state index contributed by atoms with van der Waals surface area (Å²) in [7, 11) is 0. The summed E-state index contributed by atoms with van der Waals surface area (Å²) in [5, 5.41) is 0. The van der Waals surface area contributed by atoms with E-state index in [1.165, 1.54) is 5.56 Å². The Labute approximate surface area is 92.6 Å². The van der Waals surface area contributed by atoms with Crippen LogP contribution in [0.15, 0.2) is 22.7 Å². The molecule has 0 saturated carbocycles. The maximum Gasteiger partial charge on any atom is 0.167 e. The average molecular weight is 253 g/mol. The zero-order chi connectivity index (χ0) is 10.3. The maximum atomic E-state index is 12.0. The number of benzene rings is 1. The summed E-state index contributed by atoms with van der Waals surface area (Å²) in [6.07, 6.45) is 0.908. The molecule has 74 valence electrons. The molecule has 1 aromatic carbocycles. The molecule has 0 heterocycles. The third-order valence-corrected chi connectivity index (χ3v) is 3.59. The van der Waals surface area contributed by atoms with E-state index in [0.29, 0.717) is 11.7 Å². The number of hydrogen-bond acceptors (Lipinski definition) is 1. The van der Waals surface area contributed by atoms with Gasteiger partial charge < -0.3 is 0 Å². The van der Waals surface area contributed by atoms with Crippen LogP contribution in [-0.2, 0) is 6.42 Å². The first kappa shape index (κ1) is 9.91. The van der Waals surface area contributed by atoms with E-state index in [1.54, 1.807) is 0 Å². The second-order valence-corrected chi connectivity index (χ2v) is 5.05. The Hall–Kier alpha value is -0.630. The van der Waals surface area contributed by atoms with E-state index in [9.17, 15) is 4.79 Å². The van der Waals surface area contributed by atoms with Crippen molar-refractivity contribution < 1.29 is 4.79 Å². The average Bonchev–Trinajstić information content (AvgIpc) is 2.45. The summed E-state index contributed by atoms with van der Waals surface area (Å²) in [5.41, 5.74) is 2.11. The minimum Gasteiger partial charge on any atom is -0.294 e. The molecule has 1 aliphatic carbocycles. The lowest BCUT2D eigenvalue weighted by molar-refractivity contribution is 0.0905. The van der Waals surface area contributed by atoms with E-state index in [1.807, 2.05) is 12.1 Å². The summed E-state index contributed by atoms with van der Waals surface area (Å²) in [4.78, 5) is 12.0. The fraction of sp³-hybridized carbons (Fsp3) is 0.417. The third-order valence-electron chi connectivity index (χ3n) is 2.93. The topological polar surface area (TPSA) is 17.1 Å². The quantitative estimate of drug-likeness (QED) is 0.749. The highest BCUT2D eigenvalue weighted by Gasteiger charge is 2.33. The van der Waals surface area contributed by atoms with Gasteiger partial charge in [0.15, 0.2) is 5.78 Å². The molecule has 14 heavy (non-hydrogen) atoms. The van der Waals surface area contributed by atoms with E-state index in [2.05, 4.69) is 35.8 Å². The predicted molar refractivity (Wildman–Crippen MR) is 60.5 cm³/mol. The number of Topliss-reactive ketones (excluding diaryl/α,β-unsaturated/α-hetero) is 1. The molecule has 0 radical (unpaired) electrons. The summed E-state index contributed by atoms with van der Waals surface area (Å²) >= 11 is 3.44. The van der Waals surface area contributed by atoms with Crippen molar-refractivity contribution in [2.45, 2.75) is 20.3 Å². The normalized spacial score (nSPS) is 20.3. The minimum atomic E-state index is 0.184. The molecular formula is C12H13BrO. The molecule has 0 spiro atoms. The molecule has 1 atom stereocenters. The molecule has 1 aromatic rings. The highest BCUT2D eigenvalue weighted by molar-refractivity contribution is 9.10. The smallest absolute Gasteiger partial charge is 0.167 e. The molecule has 0 saturated heterocycles. The van der Waals surface area contributed by atoms with Crippen molar-refractivity contribution in [2.75, 3.05) is 0 Å². The Morgan fingerprint density at radius 3 is 2.71 bits per heavy atom. The van der Waals surface area contributed by atoms with Crippen molar-refractivity contribution in [3.63, 3.8) is 0 Å². The van der Waals surface area contributed by atoms with Crippen LogP contribution in [0.3, 0.4) is 0 Å². The van der Waals surface area contributed by atoms with Crippen molar-refractivity contribution in [3.8, 4) is 0 Å². The second kappa shape index (κ2) is 3.50. The summed E-state index contributed by atoms with van der Waals surface area (Å²) in [6.45, 7) is 4.23. The lowest BCUT2D eigenvalue weighted by Crippen LogP contribution is -2.15. The van der Waals surface area contributed by atoms with E-state index in [4.69, 9.17) is 0 Å². The lowest BCUT2D eigenvalue weighted by Gasteiger charge is -2.11. The van der Waals surface area contributed by atoms with Gasteiger partial charge >= 0.3 is 0 Å². The van der Waals surface area contributed by atoms with Gasteiger partial charge in [-0.3, -0.25) is 4.79 Å². The molecule has 1 aliphatic rings. The number of ketones is 1. The number of carbonyl (C=O) groups excluding carboxylic acids is 1. The number of halogens is 1. The second-order valence-electron chi connectivity index (χ2n) is 4.19. The van der Waals surface area contributed by atoms with Gasteiger partial charge in [0.25, 0.3) is 0 Å². The molecule has 0 unspecified atom stereocenters. The number of carbonyl (C=O) groups is 1. The highest BCUT2D eigenvalue weighted by atomic mass is 79.9. The number of hydrogen-bond donors (Lipinski definition) is 0. The van der Waals surface area contributed by atoms with Crippen LogP contribution in [0.5, 0.6) is 0 Å². The van der Waals surface area contributed by atoms with Crippen molar-refractivity contribution in [1.29, 1.82) is 0 Å². The van der Waals surface area contributed by atoms with Gasteiger partial charge in [-0.2, -0.15) is 0 Å². The van der Waals surface area contributed by atoms with Crippen molar-refractivity contribution >= 4 is 21.7 Å². The van der Waals surface area contributed by atoms with Crippen LogP contribution in [-0.4, -0.2) is 5.78 Å². The van der Waals surface area contributed by atoms with Crippen LogP contribution < -0.4 is 0 Å². The van der Waals surface area contributed by atoms with Crippen molar-refractivity contribution in [1.82, 2.24) is 0 Å². The molecule has 0 N–H and O–H groups in total. The van der Waals surface area contributed by atoms with Crippen LogP contribution in [0.1, 0.15) is 29.8 Å². The molecule has 0 aromatic heterocycles. The highest BCUT2D eigenvalue weighted by Crippen LogP contribution is 2.35. The Morgan fingerprint density at radius 1 is 1.43 bits per heavy atom. The van der Waals surface area contributed by atoms with Crippen LogP contribution in [0.25, 0.3) is 0 Å². The first-order valence-corrected chi connectivity index (χ1v) is 5.72. The molecule has 2 rings (SSSR count). The van der Waals surface area contributed by atoms with Crippen LogP contribution in [0.2, 0.25) is 0 Å². The standard InChI is InChI=1S/C12H13BrO/c1-7(2)9-6-8-4-3-5-10(13)11(8)12(9)14/h3-5,7,9H,6H2,1-2H3/t9-/m1/s1. The Kier molecular flexibility index (Phi) is 2.48. The third kappa shape index (κ3) is 1.42. The summed E-state index contributed by atoms with van der Waals surface area (Å²) < 4.78 is 0.947. The van der Waals surface area contributed by atoms with E-state index in [0.717, 1.165) is 16.5 Å². The van der Waals surface area contributed by atoms with Gasteiger partial charge in [-0.05, 0) is 24.0 Å². The molecular weight excluding hydrogens is 240 g/mol. The van der Waals surface area contributed by atoms with Gasteiger partial charge in [0.2, 0.25) is 0 Å². The van der Waals surface area contributed by atoms with E-state index < -0.39 is 0 Å². The van der Waals surface area contributed by atoms with Crippen LogP contribution in [0.4, 0.5) is 0 Å². The van der Waals surface area contributed by atoms with Crippen LogP contribution >= 0.6 is 15.9 Å². The Bertz CT molecular complexity index is 382. The van der Waals surface area contributed by atoms with Gasteiger partial charge in [-0.15, -0.1) is 0 Å². The van der Waals surface area contributed by atoms with E-state index >= 15 is 0 Å². The Morgan fingerprint density at radius 2 is 2.14 bits per heavy atom. The van der Waals surface area contributed by atoms with Gasteiger partial charge in [0.1, 0.15) is 0 Å². The summed E-state index contributed by atoms with van der Waals surface area (Å²) in [5.74, 6) is 0.924. The zero-order valence-corrected chi connectivity index (χ0v) is 9.97. The molecule has 1 nitrogen and oxygen atoms in total. The fourth-order valence-corrected chi connectivity index (χ4v) is 2.67. The largest absolute Gasteiger partial charge is 0.294 e. The lowest BCUT2D eigenvalue weighted by atomic mass is 9.92. The molecule has 0 bridgehead atoms. The molecule has 0 fully saturated rings. The number of fused-ring (bicyclic) bond motifs is 1. The molecule has 2 heteroatoms. The van der Waals surface area contributed by atoms with Crippen molar-refractivity contribution in [3.05, 3.63) is 33.8 Å². The number of rotatable bonds is 1. The van der Waals surface area contributed by atoms with Crippen molar-refractivity contribution in [2.24, 2.45) is 11.8 Å². The maximum absolute atomic E-state index is 12.0. The van der Waals surface area contributed by atoms with Crippen LogP contribution in [0, 0.1) is 11.8 Å². The van der Waals surface area contributed by atoms with Gasteiger partial charge in [-0.25, -0.2) is 0 Å². The van der Waals surface area contributed by atoms with Gasteiger partial charge in [0.05, 0.1) is 0 Å². The monoisotopic (exact) mass is 252 g/mol. The van der Waals surface area contributed by atoms with Gasteiger partial charge in [0, 0.05) is 16.0 Å². The Balaban J connectivity index is 2.46. The first-order valence-electron chi connectivity index (χ1n) is 4.93. The van der Waals surface area contributed by atoms with E-state index in [-0.39, 0.29) is 5.92 Å². The summed E-state index contributed by atoms with van der Waals surface area (Å²) in [6, 6.07) is 6.00. The molecule has 0 amide bonds. The van der Waals surface area contributed by atoms with Gasteiger partial charge in [-0.1, -0.05) is 41.9 Å². The SMILES string of the molecule is CC(C)[C@H]1Cc2cccc(Br)c2C1=O.